The molecule has 0 bridgehead atoms. The number of methoxy groups -OCH3 is 1. The highest BCUT2D eigenvalue weighted by atomic mass is 16.6. The molecule has 0 saturated carbocycles. The standard InChI is InChI=1S/C14H22N2O4/c1-9(20-15)11-7-6-10(18-5)8-12(11)16-13(17)19-14(2,3)4/h6-9H,15H2,1-5H3,(H,16,17). The summed E-state index contributed by atoms with van der Waals surface area (Å²) in [5.41, 5.74) is 0.703. The van der Waals surface area contributed by atoms with Crippen LogP contribution < -0.4 is 16.0 Å². The van der Waals surface area contributed by atoms with Crippen LogP contribution in [-0.4, -0.2) is 18.8 Å². The zero-order valence-electron chi connectivity index (χ0n) is 12.5. The van der Waals surface area contributed by atoms with Gasteiger partial charge in [0.05, 0.1) is 12.8 Å². The van der Waals surface area contributed by atoms with E-state index in [9.17, 15) is 4.79 Å². The van der Waals surface area contributed by atoms with Crippen LogP contribution in [0.25, 0.3) is 0 Å². The van der Waals surface area contributed by atoms with Crippen LogP contribution in [-0.2, 0) is 9.57 Å². The second-order valence-electron chi connectivity index (χ2n) is 5.36. The van der Waals surface area contributed by atoms with Crippen molar-refractivity contribution in [1.29, 1.82) is 0 Å². The van der Waals surface area contributed by atoms with Gasteiger partial charge in [-0.05, 0) is 33.8 Å². The van der Waals surface area contributed by atoms with Crippen LogP contribution in [0.5, 0.6) is 5.75 Å². The first-order valence-electron chi connectivity index (χ1n) is 6.30. The Hall–Kier alpha value is -1.79. The fourth-order valence-electron chi connectivity index (χ4n) is 1.61. The highest BCUT2D eigenvalue weighted by Crippen LogP contribution is 2.29. The van der Waals surface area contributed by atoms with Crippen molar-refractivity contribution in [2.24, 2.45) is 5.90 Å². The van der Waals surface area contributed by atoms with Gasteiger partial charge in [-0.2, -0.15) is 0 Å². The molecular formula is C14H22N2O4. The van der Waals surface area contributed by atoms with Crippen molar-refractivity contribution in [3.8, 4) is 5.75 Å². The van der Waals surface area contributed by atoms with Crippen LogP contribution in [0.4, 0.5) is 10.5 Å². The molecule has 0 heterocycles. The molecule has 1 aromatic carbocycles. The van der Waals surface area contributed by atoms with Gasteiger partial charge in [0, 0.05) is 11.6 Å². The third kappa shape index (κ3) is 4.71. The van der Waals surface area contributed by atoms with Crippen molar-refractivity contribution < 1.29 is 19.1 Å². The van der Waals surface area contributed by atoms with Gasteiger partial charge >= 0.3 is 6.09 Å². The summed E-state index contributed by atoms with van der Waals surface area (Å²) < 4.78 is 10.4. The lowest BCUT2D eigenvalue weighted by Gasteiger charge is -2.21. The lowest BCUT2D eigenvalue weighted by Crippen LogP contribution is -2.27. The first-order chi connectivity index (χ1) is 9.26. The lowest BCUT2D eigenvalue weighted by atomic mass is 10.1. The smallest absolute Gasteiger partial charge is 0.412 e. The first kappa shape index (κ1) is 16.3. The molecule has 0 spiro atoms. The molecule has 0 aliphatic carbocycles. The average molecular weight is 282 g/mol. The van der Waals surface area contributed by atoms with E-state index in [1.54, 1.807) is 53.0 Å². The van der Waals surface area contributed by atoms with E-state index < -0.39 is 11.7 Å². The van der Waals surface area contributed by atoms with E-state index in [1.165, 1.54) is 0 Å². The minimum atomic E-state index is -0.570. The summed E-state index contributed by atoms with van der Waals surface area (Å²) in [5, 5.41) is 2.68. The van der Waals surface area contributed by atoms with Gasteiger partial charge in [-0.3, -0.25) is 10.2 Å². The normalized spacial score (nSPS) is 12.7. The number of amides is 1. The summed E-state index contributed by atoms with van der Waals surface area (Å²) in [4.78, 5) is 16.6. The Balaban J connectivity index is 2.98. The quantitative estimate of drug-likeness (QED) is 0.829. The Labute approximate surface area is 119 Å². The second kappa shape index (κ2) is 6.58. The van der Waals surface area contributed by atoms with Crippen LogP contribution >= 0.6 is 0 Å². The maximum absolute atomic E-state index is 11.8. The summed E-state index contributed by atoms with van der Waals surface area (Å²) in [6, 6.07) is 5.24. The molecule has 0 saturated heterocycles. The zero-order valence-corrected chi connectivity index (χ0v) is 12.5. The largest absolute Gasteiger partial charge is 0.497 e. The SMILES string of the molecule is COc1ccc(C(C)ON)c(NC(=O)OC(C)(C)C)c1. The molecule has 1 amide bonds. The molecule has 20 heavy (non-hydrogen) atoms. The van der Waals surface area contributed by atoms with Crippen LogP contribution in [0.2, 0.25) is 0 Å². The fourth-order valence-corrected chi connectivity index (χ4v) is 1.61. The van der Waals surface area contributed by atoms with Gasteiger partial charge < -0.3 is 9.47 Å². The zero-order chi connectivity index (χ0) is 15.3. The Bertz CT molecular complexity index is 469. The Morgan fingerprint density at radius 3 is 2.50 bits per heavy atom. The molecule has 0 aromatic heterocycles. The van der Waals surface area contributed by atoms with Crippen LogP contribution in [0.1, 0.15) is 39.4 Å². The van der Waals surface area contributed by atoms with E-state index in [2.05, 4.69) is 5.32 Å². The molecule has 1 aromatic rings. The fraction of sp³-hybridized carbons (Fsp3) is 0.500. The number of rotatable bonds is 4. The minimum Gasteiger partial charge on any atom is -0.497 e. The van der Waals surface area contributed by atoms with Gasteiger partial charge in [-0.15, -0.1) is 0 Å². The van der Waals surface area contributed by atoms with E-state index in [4.69, 9.17) is 20.2 Å². The van der Waals surface area contributed by atoms with E-state index in [1.807, 2.05) is 0 Å². The molecule has 0 aliphatic heterocycles. The summed E-state index contributed by atoms with van der Waals surface area (Å²) in [7, 11) is 1.55. The number of nitrogens with one attached hydrogen (secondary N) is 1. The van der Waals surface area contributed by atoms with E-state index in [0.717, 1.165) is 5.56 Å². The molecule has 0 aliphatic rings. The van der Waals surface area contributed by atoms with Gasteiger partial charge in [0.2, 0.25) is 0 Å². The second-order valence-corrected chi connectivity index (χ2v) is 5.36. The Morgan fingerprint density at radius 2 is 2.00 bits per heavy atom. The maximum Gasteiger partial charge on any atom is 0.412 e. The Kier molecular flexibility index (Phi) is 5.35. The molecule has 1 rings (SSSR count). The summed E-state index contributed by atoms with van der Waals surface area (Å²) in [6.45, 7) is 7.17. The van der Waals surface area contributed by atoms with Crippen molar-refractivity contribution in [1.82, 2.24) is 0 Å². The number of carbonyl (C=O) groups excluding carboxylic acids is 1. The number of nitrogens with two attached hydrogens (primary N) is 1. The van der Waals surface area contributed by atoms with Crippen molar-refractivity contribution in [3.05, 3.63) is 23.8 Å². The van der Waals surface area contributed by atoms with Gasteiger partial charge in [-0.1, -0.05) is 6.07 Å². The number of anilines is 1. The molecule has 112 valence electrons. The predicted molar refractivity (Wildman–Crippen MR) is 76.5 cm³/mol. The monoisotopic (exact) mass is 282 g/mol. The number of hydrogen-bond acceptors (Lipinski definition) is 5. The third-order valence-electron chi connectivity index (χ3n) is 2.54. The van der Waals surface area contributed by atoms with Crippen LogP contribution in [0.3, 0.4) is 0 Å². The summed E-state index contributed by atoms with van der Waals surface area (Å²) >= 11 is 0. The van der Waals surface area contributed by atoms with Gasteiger partial charge in [-0.25, -0.2) is 10.7 Å². The summed E-state index contributed by atoms with van der Waals surface area (Å²) in [6.07, 6.45) is -0.915. The molecule has 6 nitrogen and oxygen atoms in total. The van der Waals surface area contributed by atoms with Gasteiger partial charge in [0.1, 0.15) is 17.5 Å². The van der Waals surface area contributed by atoms with E-state index in [0.29, 0.717) is 11.4 Å². The van der Waals surface area contributed by atoms with Gasteiger partial charge in [0.15, 0.2) is 0 Å². The number of carbonyl (C=O) groups is 1. The molecule has 1 atom stereocenters. The molecule has 3 N–H and O–H groups in total. The van der Waals surface area contributed by atoms with E-state index in [-0.39, 0.29) is 6.10 Å². The lowest BCUT2D eigenvalue weighted by molar-refractivity contribution is 0.0624. The van der Waals surface area contributed by atoms with Crippen molar-refractivity contribution >= 4 is 11.8 Å². The molecular weight excluding hydrogens is 260 g/mol. The highest BCUT2D eigenvalue weighted by Gasteiger charge is 2.19. The van der Waals surface area contributed by atoms with Crippen molar-refractivity contribution in [2.45, 2.75) is 39.4 Å². The molecule has 0 radical (unpaired) electrons. The predicted octanol–water partition coefficient (Wildman–Crippen LogP) is 2.99. The van der Waals surface area contributed by atoms with Crippen LogP contribution in [0, 0.1) is 0 Å². The van der Waals surface area contributed by atoms with Crippen molar-refractivity contribution in [2.75, 3.05) is 12.4 Å². The van der Waals surface area contributed by atoms with Gasteiger partial charge in [0.25, 0.3) is 0 Å². The molecule has 0 fully saturated rings. The highest BCUT2D eigenvalue weighted by molar-refractivity contribution is 5.86. The first-order valence-corrected chi connectivity index (χ1v) is 6.30. The number of hydrogen-bond donors (Lipinski definition) is 2. The van der Waals surface area contributed by atoms with Crippen molar-refractivity contribution in [3.63, 3.8) is 0 Å². The minimum absolute atomic E-state index is 0.370. The molecule has 1 unspecified atom stereocenters. The molecule has 6 heteroatoms. The number of ether oxygens (including phenoxy) is 2. The number of benzene rings is 1. The Morgan fingerprint density at radius 1 is 1.35 bits per heavy atom. The third-order valence-corrected chi connectivity index (χ3v) is 2.54. The average Bonchev–Trinajstić information content (AvgIpc) is 2.35. The topological polar surface area (TPSA) is 82.8 Å². The summed E-state index contributed by atoms with van der Waals surface area (Å²) in [5.74, 6) is 5.82. The maximum atomic E-state index is 11.8. The van der Waals surface area contributed by atoms with E-state index >= 15 is 0 Å². The van der Waals surface area contributed by atoms with Crippen LogP contribution in [0.15, 0.2) is 18.2 Å².